The van der Waals surface area contributed by atoms with Crippen LogP contribution in [0.25, 0.3) is 0 Å². The lowest BCUT2D eigenvalue weighted by Gasteiger charge is -2.21. The van der Waals surface area contributed by atoms with E-state index in [0.29, 0.717) is 29.1 Å². The summed E-state index contributed by atoms with van der Waals surface area (Å²) in [5, 5.41) is 2.92. The van der Waals surface area contributed by atoms with E-state index in [4.69, 9.17) is 4.74 Å². The van der Waals surface area contributed by atoms with Crippen molar-refractivity contribution in [1.29, 1.82) is 0 Å². The molecule has 0 aromatic heterocycles. The Morgan fingerprint density at radius 2 is 2.00 bits per heavy atom. The van der Waals surface area contributed by atoms with Gasteiger partial charge < -0.3 is 10.1 Å². The molecule has 1 fully saturated rings. The quantitative estimate of drug-likeness (QED) is 0.756. The van der Waals surface area contributed by atoms with Gasteiger partial charge in [0.1, 0.15) is 5.82 Å². The van der Waals surface area contributed by atoms with Crippen molar-refractivity contribution in [2.24, 2.45) is 0 Å². The van der Waals surface area contributed by atoms with Gasteiger partial charge in [-0.1, -0.05) is 12.1 Å². The Balaban J connectivity index is 1.68. The Morgan fingerprint density at radius 3 is 2.77 bits per heavy atom. The molecule has 1 aliphatic rings. The number of rotatable bonds is 5. The van der Waals surface area contributed by atoms with E-state index in [1.54, 1.807) is 6.07 Å². The molecule has 2 aromatic carbocycles. The first-order valence-corrected chi connectivity index (χ1v) is 10.5. The lowest BCUT2D eigenvalue weighted by Crippen LogP contribution is -2.25. The van der Waals surface area contributed by atoms with Gasteiger partial charge >= 0.3 is 0 Å². The molecule has 0 saturated carbocycles. The van der Waals surface area contributed by atoms with Crippen LogP contribution in [0.1, 0.15) is 28.8 Å². The summed E-state index contributed by atoms with van der Waals surface area (Å²) in [4.78, 5) is 12.4. The highest BCUT2D eigenvalue weighted by molar-refractivity contribution is 9.10. The molecule has 0 spiro atoms. The van der Waals surface area contributed by atoms with Crippen LogP contribution in [0.4, 0.5) is 10.1 Å². The highest BCUT2D eigenvalue weighted by atomic mass is 79.9. The van der Waals surface area contributed by atoms with Crippen LogP contribution in [-0.2, 0) is 21.3 Å². The molecule has 2 aromatic rings. The van der Waals surface area contributed by atoms with Gasteiger partial charge in [-0.2, -0.15) is 0 Å². The van der Waals surface area contributed by atoms with Crippen molar-refractivity contribution in [2.75, 3.05) is 18.5 Å². The molecule has 1 atom stereocenters. The monoisotopic (exact) mass is 439 g/mol. The number of nitrogens with one attached hydrogen (secondary N) is 1. The lowest BCUT2D eigenvalue weighted by molar-refractivity contribution is 0.0991. The molecule has 7 heteroatoms. The molecule has 1 unspecified atom stereocenters. The van der Waals surface area contributed by atoms with E-state index < -0.39 is 22.5 Å². The average molecular weight is 440 g/mol. The second kappa shape index (κ2) is 8.88. The fraction of sp³-hybridized carbons (Fsp3) is 0.316. The van der Waals surface area contributed by atoms with Gasteiger partial charge in [-0.05, 0) is 64.7 Å². The number of carbonyl (C=O) groups excluding carboxylic acids is 1. The SMILES string of the molecule is O=C(Nc1cccc(CS(=O)C2CCOCC2)c1)c1cc(F)ccc1Br. The van der Waals surface area contributed by atoms with Gasteiger partial charge in [0.2, 0.25) is 0 Å². The number of benzene rings is 2. The van der Waals surface area contributed by atoms with Crippen molar-refractivity contribution in [2.45, 2.75) is 23.8 Å². The zero-order valence-electron chi connectivity index (χ0n) is 14.0. The summed E-state index contributed by atoms with van der Waals surface area (Å²) in [5.74, 6) is -0.434. The van der Waals surface area contributed by atoms with Gasteiger partial charge in [-0.25, -0.2) is 4.39 Å². The number of carbonyl (C=O) groups is 1. The molecule has 1 N–H and O–H groups in total. The largest absolute Gasteiger partial charge is 0.381 e. The van der Waals surface area contributed by atoms with Crippen LogP contribution in [0.2, 0.25) is 0 Å². The van der Waals surface area contributed by atoms with Crippen LogP contribution < -0.4 is 5.32 Å². The number of hydrogen-bond acceptors (Lipinski definition) is 3. The molecule has 0 bridgehead atoms. The minimum Gasteiger partial charge on any atom is -0.381 e. The molecule has 1 saturated heterocycles. The molecule has 0 radical (unpaired) electrons. The molecule has 26 heavy (non-hydrogen) atoms. The molecule has 1 heterocycles. The van der Waals surface area contributed by atoms with Crippen molar-refractivity contribution in [1.82, 2.24) is 0 Å². The van der Waals surface area contributed by atoms with Crippen LogP contribution in [0.5, 0.6) is 0 Å². The van der Waals surface area contributed by atoms with E-state index in [2.05, 4.69) is 21.2 Å². The number of anilines is 1. The highest BCUT2D eigenvalue weighted by Crippen LogP contribution is 2.21. The minimum atomic E-state index is -0.971. The molecular weight excluding hydrogens is 421 g/mol. The fourth-order valence-corrected chi connectivity index (χ4v) is 4.72. The number of ether oxygens (including phenoxy) is 1. The Morgan fingerprint density at radius 1 is 1.23 bits per heavy atom. The van der Waals surface area contributed by atoms with Crippen molar-refractivity contribution in [3.05, 3.63) is 63.9 Å². The summed E-state index contributed by atoms with van der Waals surface area (Å²) >= 11 is 3.26. The summed E-state index contributed by atoms with van der Waals surface area (Å²) < 4.78 is 31.7. The smallest absolute Gasteiger partial charge is 0.256 e. The summed E-state index contributed by atoms with van der Waals surface area (Å²) in [6, 6.07) is 11.2. The maximum absolute atomic E-state index is 13.4. The Hall–Kier alpha value is -1.57. The van der Waals surface area contributed by atoms with E-state index >= 15 is 0 Å². The van der Waals surface area contributed by atoms with Gasteiger partial charge in [0.15, 0.2) is 0 Å². The summed E-state index contributed by atoms with van der Waals surface area (Å²) in [7, 11) is -0.971. The third-order valence-corrected chi connectivity index (χ3v) is 6.73. The summed E-state index contributed by atoms with van der Waals surface area (Å²) in [6.45, 7) is 1.32. The molecule has 1 aliphatic heterocycles. The average Bonchev–Trinajstić information content (AvgIpc) is 2.64. The fourth-order valence-electron chi connectivity index (χ4n) is 2.83. The molecular formula is C19H19BrFNO3S. The van der Waals surface area contributed by atoms with E-state index in [-0.39, 0.29) is 10.8 Å². The van der Waals surface area contributed by atoms with E-state index in [0.717, 1.165) is 18.4 Å². The van der Waals surface area contributed by atoms with Crippen LogP contribution in [0.15, 0.2) is 46.9 Å². The van der Waals surface area contributed by atoms with Crippen molar-refractivity contribution >= 4 is 38.3 Å². The lowest BCUT2D eigenvalue weighted by atomic mass is 10.2. The molecule has 3 rings (SSSR count). The van der Waals surface area contributed by atoms with Crippen LogP contribution in [0, 0.1) is 5.82 Å². The maximum Gasteiger partial charge on any atom is 0.256 e. The standard InChI is InChI=1S/C19H19BrFNO3S/c20-18-5-4-14(21)11-17(18)19(23)22-15-3-1-2-13(10-15)12-26(24)16-6-8-25-9-7-16/h1-5,10-11,16H,6-9,12H2,(H,22,23). The van der Waals surface area contributed by atoms with Gasteiger partial charge in [-0.3, -0.25) is 9.00 Å². The number of halogens is 2. The first-order chi connectivity index (χ1) is 12.5. The zero-order valence-corrected chi connectivity index (χ0v) is 16.4. The van der Waals surface area contributed by atoms with Crippen molar-refractivity contribution in [3.63, 3.8) is 0 Å². The number of amides is 1. The Bertz CT molecular complexity index is 824. The summed E-state index contributed by atoms with van der Waals surface area (Å²) in [5.41, 5.74) is 1.71. The highest BCUT2D eigenvalue weighted by Gasteiger charge is 2.20. The Labute approximate surface area is 162 Å². The van der Waals surface area contributed by atoms with Crippen molar-refractivity contribution < 1.29 is 18.1 Å². The number of hydrogen-bond donors (Lipinski definition) is 1. The van der Waals surface area contributed by atoms with E-state index in [9.17, 15) is 13.4 Å². The molecule has 0 aliphatic carbocycles. The summed E-state index contributed by atoms with van der Waals surface area (Å²) in [6.07, 6.45) is 1.63. The van der Waals surface area contributed by atoms with Crippen LogP contribution >= 0.6 is 15.9 Å². The van der Waals surface area contributed by atoms with Gasteiger partial charge in [0, 0.05) is 45.2 Å². The maximum atomic E-state index is 13.4. The van der Waals surface area contributed by atoms with Gasteiger partial charge in [0.25, 0.3) is 5.91 Å². The van der Waals surface area contributed by atoms with Crippen LogP contribution in [-0.4, -0.2) is 28.6 Å². The van der Waals surface area contributed by atoms with Gasteiger partial charge in [0.05, 0.1) is 5.56 Å². The normalized spacial score (nSPS) is 16.2. The van der Waals surface area contributed by atoms with E-state index in [1.165, 1.54) is 18.2 Å². The van der Waals surface area contributed by atoms with E-state index in [1.807, 2.05) is 18.2 Å². The first-order valence-electron chi connectivity index (χ1n) is 8.33. The predicted octanol–water partition coefficient (Wildman–Crippen LogP) is 4.27. The second-order valence-electron chi connectivity index (χ2n) is 6.12. The third kappa shape index (κ3) is 4.99. The van der Waals surface area contributed by atoms with Gasteiger partial charge in [-0.15, -0.1) is 0 Å². The van der Waals surface area contributed by atoms with Crippen LogP contribution in [0.3, 0.4) is 0 Å². The predicted molar refractivity (Wildman–Crippen MR) is 104 cm³/mol. The van der Waals surface area contributed by atoms with Crippen molar-refractivity contribution in [3.8, 4) is 0 Å². The molecule has 1 amide bonds. The molecule has 138 valence electrons. The minimum absolute atomic E-state index is 0.158. The molecule has 4 nitrogen and oxygen atoms in total. The third-order valence-electron chi connectivity index (χ3n) is 4.21. The first kappa shape index (κ1) is 19.2. The Kier molecular flexibility index (Phi) is 6.56. The second-order valence-corrected chi connectivity index (χ2v) is 8.69. The zero-order chi connectivity index (χ0) is 18.5. The topological polar surface area (TPSA) is 55.4 Å².